The first-order valence-corrected chi connectivity index (χ1v) is 5.72. The van der Waals surface area contributed by atoms with Gasteiger partial charge in [-0.25, -0.2) is 4.98 Å². The molecule has 3 N–H and O–H groups in total. The van der Waals surface area contributed by atoms with E-state index in [-0.39, 0.29) is 24.1 Å². The van der Waals surface area contributed by atoms with E-state index in [1.54, 1.807) is 12.1 Å². The number of nitrogens with zero attached hydrogens (tertiary/aromatic N) is 1. The van der Waals surface area contributed by atoms with E-state index < -0.39 is 0 Å². The summed E-state index contributed by atoms with van der Waals surface area (Å²) in [4.78, 5) is 26.5. The van der Waals surface area contributed by atoms with Crippen molar-refractivity contribution in [3.63, 3.8) is 0 Å². The smallest absolute Gasteiger partial charge is 0.271 e. The highest BCUT2D eigenvalue weighted by Gasteiger charge is 2.10. The number of carbonyl (C=O) groups excluding carboxylic acids is 2. The number of aromatic nitrogens is 1. The van der Waals surface area contributed by atoms with E-state index in [0.29, 0.717) is 18.7 Å². The Balaban J connectivity index is 2.63. The zero-order valence-corrected chi connectivity index (χ0v) is 10.6. The molecule has 1 aromatic heterocycles. The van der Waals surface area contributed by atoms with Gasteiger partial charge in [0, 0.05) is 26.2 Å². The molecule has 1 aromatic rings. The Morgan fingerprint density at radius 2 is 2.11 bits per heavy atom. The topological polar surface area (TPSA) is 91.3 Å². The Hall–Kier alpha value is -2.39. The molecular weight excluding hydrogens is 246 g/mol. The van der Waals surface area contributed by atoms with E-state index >= 15 is 0 Å². The van der Waals surface area contributed by atoms with Crippen LogP contribution in [0.25, 0.3) is 0 Å². The monoisotopic (exact) mass is 261 g/mol. The number of aliphatic hydroxyl groups is 1. The van der Waals surface area contributed by atoms with Crippen LogP contribution in [0.15, 0.2) is 18.3 Å². The van der Waals surface area contributed by atoms with E-state index in [1.807, 2.05) is 0 Å². The predicted molar refractivity (Wildman–Crippen MR) is 69.2 cm³/mol. The summed E-state index contributed by atoms with van der Waals surface area (Å²) < 4.78 is 0. The molecular formula is C13H15N3O3. The van der Waals surface area contributed by atoms with E-state index in [9.17, 15) is 9.59 Å². The van der Waals surface area contributed by atoms with Crippen LogP contribution in [0.1, 0.15) is 23.0 Å². The highest BCUT2D eigenvalue weighted by molar-refractivity contribution is 5.94. The Bertz CT molecular complexity index is 517. The number of rotatable bonds is 4. The number of hydrogen-bond donors (Lipinski definition) is 3. The zero-order chi connectivity index (χ0) is 14.1. The standard InChI is InChI=1S/C13H15N3O3/c1-10(18)14-7-8-16-13(19)12-11(5-3-9-17)4-2-6-15-12/h2,4,6,17H,7-9H2,1H3,(H,14,18)(H,16,19). The summed E-state index contributed by atoms with van der Waals surface area (Å²) in [7, 11) is 0. The third kappa shape index (κ3) is 5.19. The molecule has 0 aliphatic heterocycles. The lowest BCUT2D eigenvalue weighted by Gasteiger charge is -2.06. The molecule has 2 amide bonds. The van der Waals surface area contributed by atoms with Crippen LogP contribution in [0.2, 0.25) is 0 Å². The third-order valence-electron chi connectivity index (χ3n) is 2.11. The molecule has 100 valence electrons. The van der Waals surface area contributed by atoms with Gasteiger partial charge in [0.05, 0.1) is 5.56 Å². The van der Waals surface area contributed by atoms with E-state index in [1.165, 1.54) is 13.1 Å². The molecule has 1 heterocycles. The summed E-state index contributed by atoms with van der Waals surface area (Å²) in [5.74, 6) is 4.61. The van der Waals surface area contributed by atoms with Gasteiger partial charge >= 0.3 is 0 Å². The van der Waals surface area contributed by atoms with Crippen LogP contribution in [0, 0.1) is 11.8 Å². The molecule has 6 nitrogen and oxygen atoms in total. The fourth-order valence-electron chi connectivity index (χ4n) is 1.32. The maximum absolute atomic E-state index is 11.9. The SMILES string of the molecule is CC(=O)NCCNC(=O)c1ncccc1C#CCO. The summed E-state index contributed by atoms with van der Waals surface area (Å²) in [6.07, 6.45) is 1.49. The van der Waals surface area contributed by atoms with Crippen LogP contribution in [-0.2, 0) is 4.79 Å². The Morgan fingerprint density at radius 1 is 1.37 bits per heavy atom. The molecule has 1 rings (SSSR count). The van der Waals surface area contributed by atoms with Gasteiger partial charge in [0.25, 0.3) is 5.91 Å². The molecule has 0 aromatic carbocycles. The van der Waals surface area contributed by atoms with Crippen molar-refractivity contribution in [1.82, 2.24) is 15.6 Å². The van der Waals surface area contributed by atoms with Crippen molar-refractivity contribution in [2.45, 2.75) is 6.92 Å². The van der Waals surface area contributed by atoms with Crippen molar-refractivity contribution < 1.29 is 14.7 Å². The van der Waals surface area contributed by atoms with Gasteiger partial charge in [-0.1, -0.05) is 11.8 Å². The van der Waals surface area contributed by atoms with Crippen LogP contribution in [0.3, 0.4) is 0 Å². The first-order valence-electron chi connectivity index (χ1n) is 5.72. The predicted octanol–water partition coefficient (Wildman–Crippen LogP) is -0.709. The van der Waals surface area contributed by atoms with Gasteiger partial charge in [0.15, 0.2) is 0 Å². The van der Waals surface area contributed by atoms with Gasteiger partial charge in [-0.3, -0.25) is 9.59 Å². The number of aliphatic hydroxyl groups excluding tert-OH is 1. The van der Waals surface area contributed by atoms with Crippen LogP contribution in [0.4, 0.5) is 0 Å². The fraction of sp³-hybridized carbons (Fsp3) is 0.308. The van der Waals surface area contributed by atoms with E-state index in [0.717, 1.165) is 0 Å². The molecule has 0 saturated heterocycles. The minimum absolute atomic E-state index is 0.151. The summed E-state index contributed by atoms with van der Waals surface area (Å²) in [5.41, 5.74) is 0.653. The maximum atomic E-state index is 11.9. The quantitative estimate of drug-likeness (QED) is 0.493. The molecule has 0 atom stereocenters. The van der Waals surface area contributed by atoms with Crippen molar-refractivity contribution in [2.75, 3.05) is 19.7 Å². The molecule has 6 heteroatoms. The lowest BCUT2D eigenvalue weighted by molar-refractivity contribution is -0.118. The normalized spacial score (nSPS) is 9.16. The van der Waals surface area contributed by atoms with Crippen LogP contribution < -0.4 is 10.6 Å². The van der Waals surface area contributed by atoms with Gasteiger partial charge in [-0.15, -0.1) is 0 Å². The van der Waals surface area contributed by atoms with Crippen LogP contribution in [-0.4, -0.2) is 41.6 Å². The number of hydrogen-bond acceptors (Lipinski definition) is 4. The van der Waals surface area contributed by atoms with Crippen molar-refractivity contribution in [2.24, 2.45) is 0 Å². The average molecular weight is 261 g/mol. The first-order chi connectivity index (χ1) is 9.15. The van der Waals surface area contributed by atoms with Gasteiger partial charge in [0.2, 0.25) is 5.91 Å². The van der Waals surface area contributed by atoms with Crippen LogP contribution >= 0.6 is 0 Å². The second-order valence-electron chi connectivity index (χ2n) is 3.60. The maximum Gasteiger partial charge on any atom is 0.271 e. The molecule has 0 fully saturated rings. The largest absolute Gasteiger partial charge is 0.384 e. The second kappa shape index (κ2) is 7.84. The Kier molecular flexibility index (Phi) is 6.06. The number of carbonyl (C=O) groups is 2. The van der Waals surface area contributed by atoms with Crippen LogP contribution in [0.5, 0.6) is 0 Å². The molecule has 0 radical (unpaired) electrons. The molecule has 0 aliphatic rings. The Morgan fingerprint density at radius 3 is 2.79 bits per heavy atom. The second-order valence-corrected chi connectivity index (χ2v) is 3.60. The number of nitrogens with one attached hydrogen (secondary N) is 2. The fourth-order valence-corrected chi connectivity index (χ4v) is 1.32. The first kappa shape index (κ1) is 14.7. The van der Waals surface area contributed by atoms with Gasteiger partial charge in [0.1, 0.15) is 12.3 Å². The minimum Gasteiger partial charge on any atom is -0.384 e. The molecule has 0 bridgehead atoms. The van der Waals surface area contributed by atoms with Crippen molar-refractivity contribution >= 4 is 11.8 Å². The Labute approximate surface area is 111 Å². The molecule has 0 spiro atoms. The molecule has 0 unspecified atom stereocenters. The molecule has 0 saturated carbocycles. The molecule has 19 heavy (non-hydrogen) atoms. The molecule has 0 aliphatic carbocycles. The lowest BCUT2D eigenvalue weighted by Crippen LogP contribution is -2.34. The summed E-state index contributed by atoms with van der Waals surface area (Å²) in [6.45, 7) is 1.79. The van der Waals surface area contributed by atoms with Gasteiger partial charge in [-0.05, 0) is 12.1 Å². The lowest BCUT2D eigenvalue weighted by atomic mass is 10.2. The van der Waals surface area contributed by atoms with E-state index in [4.69, 9.17) is 5.11 Å². The van der Waals surface area contributed by atoms with Gasteiger partial charge in [-0.2, -0.15) is 0 Å². The van der Waals surface area contributed by atoms with Crippen molar-refractivity contribution in [3.05, 3.63) is 29.6 Å². The average Bonchev–Trinajstić information content (AvgIpc) is 2.41. The number of amides is 2. The highest BCUT2D eigenvalue weighted by Crippen LogP contribution is 2.03. The van der Waals surface area contributed by atoms with E-state index in [2.05, 4.69) is 27.5 Å². The highest BCUT2D eigenvalue weighted by atomic mass is 16.2. The van der Waals surface area contributed by atoms with Gasteiger partial charge < -0.3 is 15.7 Å². The summed E-state index contributed by atoms with van der Waals surface area (Å²) in [5, 5.41) is 13.8. The summed E-state index contributed by atoms with van der Waals surface area (Å²) >= 11 is 0. The van der Waals surface area contributed by atoms with Crippen molar-refractivity contribution in [3.8, 4) is 11.8 Å². The minimum atomic E-state index is -0.367. The van der Waals surface area contributed by atoms with Crippen molar-refractivity contribution in [1.29, 1.82) is 0 Å². The third-order valence-corrected chi connectivity index (χ3v) is 2.11. The summed E-state index contributed by atoms with van der Waals surface area (Å²) in [6, 6.07) is 3.31. The number of pyridine rings is 1. The zero-order valence-electron chi connectivity index (χ0n) is 10.6.